The van der Waals surface area contributed by atoms with E-state index in [1.165, 1.54) is 6.07 Å². The van der Waals surface area contributed by atoms with E-state index in [0.29, 0.717) is 29.1 Å². The summed E-state index contributed by atoms with van der Waals surface area (Å²) in [6, 6.07) is 10.8. The summed E-state index contributed by atoms with van der Waals surface area (Å²) in [5.41, 5.74) is 1.95. The lowest BCUT2D eigenvalue weighted by Gasteiger charge is -2.11. The number of ether oxygens (including phenoxy) is 2. The van der Waals surface area contributed by atoms with Gasteiger partial charge in [0.2, 0.25) is 0 Å². The lowest BCUT2D eigenvalue weighted by Crippen LogP contribution is -2.13. The Morgan fingerprint density at radius 1 is 1.05 bits per heavy atom. The number of nitrogens with one attached hydrogen (secondary N) is 1. The minimum absolute atomic E-state index is 0.250. The van der Waals surface area contributed by atoms with E-state index in [9.17, 15) is 4.39 Å². The summed E-state index contributed by atoms with van der Waals surface area (Å²) in [5.74, 6) is 1.15. The number of halogens is 2. The normalized spacial score (nSPS) is 10.5. The van der Waals surface area contributed by atoms with Gasteiger partial charge in [0.25, 0.3) is 0 Å². The molecule has 21 heavy (non-hydrogen) atoms. The number of benzene rings is 2. The molecular formula is C16H17BrFNO2. The third-order valence-electron chi connectivity index (χ3n) is 3.12. The van der Waals surface area contributed by atoms with Gasteiger partial charge < -0.3 is 14.8 Å². The topological polar surface area (TPSA) is 30.5 Å². The monoisotopic (exact) mass is 353 g/mol. The van der Waals surface area contributed by atoms with Crippen LogP contribution in [0.1, 0.15) is 11.1 Å². The van der Waals surface area contributed by atoms with E-state index in [1.54, 1.807) is 20.3 Å². The predicted molar refractivity (Wildman–Crippen MR) is 84.2 cm³/mol. The first-order chi connectivity index (χ1) is 10.2. The van der Waals surface area contributed by atoms with Crippen LogP contribution in [0.5, 0.6) is 11.5 Å². The van der Waals surface area contributed by atoms with Crippen LogP contribution >= 0.6 is 15.9 Å². The molecule has 0 atom stereocenters. The number of rotatable bonds is 6. The Bertz CT molecular complexity index is 619. The lowest BCUT2D eigenvalue weighted by atomic mass is 10.2. The zero-order chi connectivity index (χ0) is 15.2. The molecule has 0 aromatic heterocycles. The van der Waals surface area contributed by atoms with Crippen molar-refractivity contribution in [1.82, 2.24) is 5.32 Å². The molecule has 0 fully saturated rings. The smallest absolute Gasteiger partial charge is 0.161 e. The van der Waals surface area contributed by atoms with Crippen molar-refractivity contribution in [3.8, 4) is 11.5 Å². The van der Waals surface area contributed by atoms with Crippen LogP contribution in [0.4, 0.5) is 4.39 Å². The zero-order valence-corrected chi connectivity index (χ0v) is 13.5. The fourth-order valence-electron chi connectivity index (χ4n) is 2.02. The van der Waals surface area contributed by atoms with Gasteiger partial charge in [-0.05, 0) is 45.3 Å². The molecule has 0 aliphatic carbocycles. The van der Waals surface area contributed by atoms with Gasteiger partial charge in [-0.25, -0.2) is 4.39 Å². The van der Waals surface area contributed by atoms with Crippen LogP contribution in [-0.2, 0) is 13.1 Å². The summed E-state index contributed by atoms with van der Waals surface area (Å²) in [7, 11) is 3.22. The highest BCUT2D eigenvalue weighted by atomic mass is 79.9. The highest BCUT2D eigenvalue weighted by Crippen LogP contribution is 2.27. The largest absolute Gasteiger partial charge is 0.493 e. The molecule has 0 amide bonds. The van der Waals surface area contributed by atoms with Gasteiger partial charge in [-0.2, -0.15) is 0 Å². The predicted octanol–water partition coefficient (Wildman–Crippen LogP) is 3.90. The first-order valence-corrected chi connectivity index (χ1v) is 7.29. The zero-order valence-electron chi connectivity index (χ0n) is 12.0. The van der Waals surface area contributed by atoms with Crippen LogP contribution in [0, 0.1) is 5.82 Å². The number of hydrogen-bond donors (Lipinski definition) is 1. The van der Waals surface area contributed by atoms with Crippen molar-refractivity contribution in [3.63, 3.8) is 0 Å². The van der Waals surface area contributed by atoms with Crippen molar-refractivity contribution in [2.45, 2.75) is 13.1 Å². The van der Waals surface area contributed by atoms with E-state index < -0.39 is 0 Å². The molecule has 0 spiro atoms. The van der Waals surface area contributed by atoms with Crippen LogP contribution in [0.15, 0.2) is 40.9 Å². The Morgan fingerprint density at radius 3 is 2.52 bits per heavy atom. The maximum atomic E-state index is 13.4. The van der Waals surface area contributed by atoms with E-state index >= 15 is 0 Å². The molecule has 0 unspecified atom stereocenters. The van der Waals surface area contributed by atoms with Crippen LogP contribution in [0.2, 0.25) is 0 Å². The van der Waals surface area contributed by atoms with Gasteiger partial charge in [0.05, 0.1) is 18.7 Å². The summed E-state index contributed by atoms with van der Waals surface area (Å²) < 4.78 is 24.4. The van der Waals surface area contributed by atoms with Crippen molar-refractivity contribution in [2.24, 2.45) is 0 Å². The second-order valence-electron chi connectivity index (χ2n) is 4.51. The lowest BCUT2D eigenvalue weighted by molar-refractivity contribution is 0.354. The fourth-order valence-corrected chi connectivity index (χ4v) is 2.42. The van der Waals surface area contributed by atoms with Gasteiger partial charge in [0, 0.05) is 13.1 Å². The van der Waals surface area contributed by atoms with Crippen LogP contribution in [-0.4, -0.2) is 14.2 Å². The van der Waals surface area contributed by atoms with Crippen molar-refractivity contribution >= 4 is 15.9 Å². The van der Waals surface area contributed by atoms with Crippen molar-refractivity contribution < 1.29 is 13.9 Å². The molecule has 0 saturated carbocycles. The SMILES string of the molecule is COc1ccc(CNCc2cccc(F)c2Br)cc1OC. The highest BCUT2D eigenvalue weighted by Gasteiger charge is 2.06. The fraction of sp³-hybridized carbons (Fsp3) is 0.250. The van der Waals surface area contributed by atoms with Crippen molar-refractivity contribution in [1.29, 1.82) is 0 Å². The molecular weight excluding hydrogens is 337 g/mol. The molecule has 1 N–H and O–H groups in total. The molecule has 0 bridgehead atoms. The average molecular weight is 354 g/mol. The van der Waals surface area contributed by atoms with E-state index in [2.05, 4.69) is 21.2 Å². The van der Waals surface area contributed by atoms with Gasteiger partial charge in [0.1, 0.15) is 5.82 Å². The molecule has 3 nitrogen and oxygen atoms in total. The standard InChI is InChI=1S/C16H17BrFNO2/c1-20-14-7-6-11(8-15(14)21-2)9-19-10-12-4-3-5-13(18)16(12)17/h3-8,19H,9-10H2,1-2H3. The summed E-state index contributed by atoms with van der Waals surface area (Å²) in [6.07, 6.45) is 0. The van der Waals surface area contributed by atoms with E-state index in [4.69, 9.17) is 9.47 Å². The maximum absolute atomic E-state index is 13.4. The van der Waals surface area contributed by atoms with Gasteiger partial charge in [0.15, 0.2) is 11.5 Å². The van der Waals surface area contributed by atoms with Gasteiger partial charge >= 0.3 is 0 Å². The van der Waals surface area contributed by atoms with E-state index in [0.717, 1.165) is 11.1 Å². The summed E-state index contributed by atoms with van der Waals surface area (Å²) >= 11 is 3.26. The number of methoxy groups -OCH3 is 2. The Morgan fingerprint density at radius 2 is 1.81 bits per heavy atom. The molecule has 0 saturated heterocycles. The van der Waals surface area contributed by atoms with Crippen LogP contribution in [0.25, 0.3) is 0 Å². The summed E-state index contributed by atoms with van der Waals surface area (Å²) in [6.45, 7) is 1.23. The molecule has 112 valence electrons. The van der Waals surface area contributed by atoms with Gasteiger partial charge in [-0.1, -0.05) is 18.2 Å². The first kappa shape index (κ1) is 15.8. The Hall–Kier alpha value is -1.59. The summed E-state index contributed by atoms with van der Waals surface area (Å²) in [5, 5.41) is 3.28. The Labute approximate surface area is 132 Å². The van der Waals surface area contributed by atoms with Crippen molar-refractivity contribution in [3.05, 3.63) is 57.8 Å². The maximum Gasteiger partial charge on any atom is 0.161 e. The molecule has 0 aliphatic heterocycles. The van der Waals surface area contributed by atoms with E-state index in [-0.39, 0.29) is 5.82 Å². The third-order valence-corrected chi connectivity index (χ3v) is 4.01. The molecule has 2 aromatic carbocycles. The Balaban J connectivity index is 1.99. The van der Waals surface area contributed by atoms with Crippen LogP contribution in [0.3, 0.4) is 0 Å². The van der Waals surface area contributed by atoms with Crippen LogP contribution < -0.4 is 14.8 Å². The molecule has 0 aliphatic rings. The third kappa shape index (κ3) is 3.95. The molecule has 2 rings (SSSR count). The highest BCUT2D eigenvalue weighted by molar-refractivity contribution is 9.10. The average Bonchev–Trinajstić information content (AvgIpc) is 2.51. The van der Waals surface area contributed by atoms with E-state index in [1.807, 2.05) is 24.3 Å². The molecule has 2 aromatic rings. The minimum atomic E-state index is -0.250. The minimum Gasteiger partial charge on any atom is -0.493 e. The second-order valence-corrected chi connectivity index (χ2v) is 5.30. The molecule has 0 radical (unpaired) electrons. The summed E-state index contributed by atoms with van der Waals surface area (Å²) in [4.78, 5) is 0. The molecule has 5 heteroatoms. The quantitative estimate of drug-likeness (QED) is 0.854. The first-order valence-electron chi connectivity index (χ1n) is 6.50. The van der Waals surface area contributed by atoms with Gasteiger partial charge in [-0.3, -0.25) is 0 Å². The van der Waals surface area contributed by atoms with Crippen molar-refractivity contribution in [2.75, 3.05) is 14.2 Å². The second kappa shape index (κ2) is 7.43. The number of hydrogen-bond acceptors (Lipinski definition) is 3. The molecule has 0 heterocycles. The van der Waals surface area contributed by atoms with Gasteiger partial charge in [-0.15, -0.1) is 0 Å². The Kier molecular flexibility index (Phi) is 5.59.